The fraction of sp³-hybridized carbons (Fsp3) is 0.680. The van der Waals surface area contributed by atoms with Crippen LogP contribution in [0.3, 0.4) is 0 Å². The Balaban J connectivity index is 1.44. The third-order valence-corrected chi connectivity index (χ3v) is 8.13. The van der Waals surface area contributed by atoms with Crippen LogP contribution >= 0.6 is 0 Å². The summed E-state index contributed by atoms with van der Waals surface area (Å²) in [5.41, 5.74) is -1.11. The molecule has 0 bridgehead atoms. The molecule has 33 heavy (non-hydrogen) atoms. The molecule has 1 saturated carbocycles. The number of amides is 1. The zero-order chi connectivity index (χ0) is 23.6. The van der Waals surface area contributed by atoms with Crippen LogP contribution in [0.1, 0.15) is 62.5 Å². The van der Waals surface area contributed by atoms with Crippen LogP contribution in [0, 0.1) is 28.6 Å². The molecule has 0 aromatic heterocycles. The smallest absolute Gasteiger partial charge is 0.396 e. The lowest BCUT2D eigenvalue weighted by molar-refractivity contribution is -0.138. The van der Waals surface area contributed by atoms with Crippen molar-refractivity contribution >= 4 is 11.6 Å². The third-order valence-electron chi connectivity index (χ3n) is 8.13. The fourth-order valence-corrected chi connectivity index (χ4v) is 6.08. The zero-order valence-corrected chi connectivity index (χ0v) is 18.9. The molecule has 0 radical (unpaired) electrons. The minimum Gasteiger partial charge on any atom is -0.396 e. The van der Waals surface area contributed by atoms with Gasteiger partial charge < -0.3 is 14.9 Å². The van der Waals surface area contributed by atoms with E-state index in [-0.39, 0.29) is 29.4 Å². The highest BCUT2D eigenvalue weighted by atomic mass is 19.4. The Morgan fingerprint density at radius 1 is 1.18 bits per heavy atom. The molecule has 5 nitrogen and oxygen atoms in total. The highest BCUT2D eigenvalue weighted by molar-refractivity contribution is 5.76. The van der Waals surface area contributed by atoms with E-state index in [2.05, 4.69) is 0 Å². The predicted molar refractivity (Wildman–Crippen MR) is 118 cm³/mol. The van der Waals surface area contributed by atoms with E-state index in [4.69, 9.17) is 5.26 Å². The van der Waals surface area contributed by atoms with Gasteiger partial charge in [0.25, 0.3) is 0 Å². The molecule has 2 aliphatic heterocycles. The normalized spacial score (nSPS) is 23.7. The number of hydrogen-bond acceptors (Lipinski definition) is 4. The van der Waals surface area contributed by atoms with Crippen molar-refractivity contribution in [3.05, 3.63) is 29.3 Å². The number of alkyl halides is 3. The van der Waals surface area contributed by atoms with E-state index in [0.29, 0.717) is 44.2 Å². The number of nitrogens with zero attached hydrogens (tertiary/aromatic N) is 3. The van der Waals surface area contributed by atoms with Crippen molar-refractivity contribution in [3.8, 4) is 6.07 Å². The van der Waals surface area contributed by atoms with Gasteiger partial charge in [-0.25, -0.2) is 0 Å². The summed E-state index contributed by atoms with van der Waals surface area (Å²) in [7, 11) is 0. The Morgan fingerprint density at radius 2 is 1.88 bits per heavy atom. The molecule has 2 heterocycles. The van der Waals surface area contributed by atoms with E-state index in [0.717, 1.165) is 31.7 Å². The van der Waals surface area contributed by atoms with Gasteiger partial charge in [0.1, 0.15) is 0 Å². The Morgan fingerprint density at radius 3 is 2.48 bits per heavy atom. The number of hydrogen-bond donors (Lipinski definition) is 1. The number of carbonyl (C=O) groups is 1. The Labute approximate surface area is 193 Å². The van der Waals surface area contributed by atoms with E-state index in [1.165, 1.54) is 25.3 Å². The molecule has 180 valence electrons. The molecule has 1 N–H and O–H groups in total. The summed E-state index contributed by atoms with van der Waals surface area (Å²) in [5, 5.41) is 19.1. The van der Waals surface area contributed by atoms with Gasteiger partial charge in [-0.2, -0.15) is 18.4 Å². The molecular weight excluding hydrogens is 431 g/mol. The average Bonchev–Trinajstić information content (AvgIpc) is 3.17. The van der Waals surface area contributed by atoms with Crippen LogP contribution in [0.2, 0.25) is 0 Å². The second kappa shape index (κ2) is 9.54. The SMILES string of the molecule is N#Cc1ccc(N2CC(CO)C3(CCN(C(=O)CC4CCCCC4)CC3)C2)cc1C(F)(F)F. The maximum Gasteiger partial charge on any atom is 0.417 e. The molecule has 2 saturated heterocycles. The first-order chi connectivity index (χ1) is 15.8. The molecule has 1 spiro atoms. The lowest BCUT2D eigenvalue weighted by Crippen LogP contribution is -2.47. The van der Waals surface area contributed by atoms with Gasteiger partial charge >= 0.3 is 6.18 Å². The molecule has 8 heteroatoms. The average molecular weight is 464 g/mol. The number of carbonyl (C=O) groups excluding carboxylic acids is 1. The number of aliphatic hydroxyl groups excluding tert-OH is 1. The zero-order valence-electron chi connectivity index (χ0n) is 18.9. The minimum absolute atomic E-state index is 0.0328. The van der Waals surface area contributed by atoms with Gasteiger partial charge in [-0.05, 0) is 55.2 Å². The largest absolute Gasteiger partial charge is 0.417 e. The molecule has 1 atom stereocenters. The molecule has 4 rings (SSSR count). The number of benzene rings is 1. The van der Waals surface area contributed by atoms with Crippen molar-refractivity contribution in [1.29, 1.82) is 5.26 Å². The Kier molecular flexibility index (Phi) is 6.90. The van der Waals surface area contributed by atoms with Crippen molar-refractivity contribution in [3.63, 3.8) is 0 Å². The van der Waals surface area contributed by atoms with Crippen LogP contribution in [0.25, 0.3) is 0 Å². The van der Waals surface area contributed by atoms with Gasteiger partial charge in [0, 0.05) is 50.8 Å². The summed E-state index contributed by atoms with van der Waals surface area (Å²) < 4.78 is 40.3. The van der Waals surface area contributed by atoms with E-state index in [1.807, 2.05) is 9.80 Å². The van der Waals surface area contributed by atoms with Crippen molar-refractivity contribution in [2.75, 3.05) is 37.7 Å². The maximum atomic E-state index is 13.4. The minimum atomic E-state index is -4.60. The second-order valence-electron chi connectivity index (χ2n) is 10.1. The summed E-state index contributed by atoms with van der Waals surface area (Å²) in [6.07, 6.45) is 3.46. The fourth-order valence-electron chi connectivity index (χ4n) is 6.08. The third kappa shape index (κ3) is 4.98. The lowest BCUT2D eigenvalue weighted by Gasteiger charge is -2.42. The first-order valence-electron chi connectivity index (χ1n) is 12.0. The molecule has 3 aliphatic rings. The molecule has 1 aromatic carbocycles. The van der Waals surface area contributed by atoms with Gasteiger partial charge in [0.2, 0.25) is 5.91 Å². The Bertz CT molecular complexity index is 897. The topological polar surface area (TPSA) is 67.6 Å². The summed E-state index contributed by atoms with van der Waals surface area (Å²) in [4.78, 5) is 16.7. The molecular formula is C25H32F3N3O2. The van der Waals surface area contributed by atoms with Gasteiger partial charge in [0.05, 0.1) is 17.2 Å². The maximum absolute atomic E-state index is 13.4. The van der Waals surface area contributed by atoms with Crippen LogP contribution in [0.15, 0.2) is 18.2 Å². The monoisotopic (exact) mass is 463 g/mol. The Hall–Kier alpha value is -2.27. The summed E-state index contributed by atoms with van der Waals surface area (Å²) >= 11 is 0. The lowest BCUT2D eigenvalue weighted by atomic mass is 9.71. The number of halogens is 3. The van der Waals surface area contributed by atoms with E-state index in [9.17, 15) is 23.1 Å². The highest BCUT2D eigenvalue weighted by Gasteiger charge is 2.48. The van der Waals surface area contributed by atoms with Crippen molar-refractivity contribution in [2.24, 2.45) is 17.3 Å². The van der Waals surface area contributed by atoms with E-state index in [1.54, 1.807) is 12.1 Å². The number of likely N-dealkylation sites (tertiary alicyclic amines) is 1. The van der Waals surface area contributed by atoms with E-state index < -0.39 is 11.7 Å². The quantitative estimate of drug-likeness (QED) is 0.710. The van der Waals surface area contributed by atoms with Crippen LogP contribution in [0.4, 0.5) is 18.9 Å². The van der Waals surface area contributed by atoms with Crippen molar-refractivity contribution in [2.45, 2.75) is 57.5 Å². The summed E-state index contributed by atoms with van der Waals surface area (Å²) in [6.45, 7) is 2.25. The molecule has 1 amide bonds. The first-order valence-corrected chi connectivity index (χ1v) is 12.0. The van der Waals surface area contributed by atoms with Crippen LogP contribution in [-0.4, -0.2) is 48.7 Å². The highest BCUT2D eigenvalue weighted by Crippen LogP contribution is 2.47. The molecule has 1 unspecified atom stereocenters. The number of rotatable bonds is 4. The van der Waals surface area contributed by atoms with Gasteiger partial charge in [-0.3, -0.25) is 4.79 Å². The van der Waals surface area contributed by atoms with Crippen LogP contribution in [-0.2, 0) is 11.0 Å². The second-order valence-corrected chi connectivity index (χ2v) is 10.1. The van der Waals surface area contributed by atoms with E-state index >= 15 is 0 Å². The standard InChI is InChI=1S/C25H32F3N3O2/c26-25(27,28)22-13-21(7-6-19(22)14-29)31-15-20(16-32)24(17-31)8-10-30(11-9-24)23(33)12-18-4-2-1-3-5-18/h6-7,13,18,20,32H,1-5,8-12,15-17H2. The first kappa shape index (κ1) is 23.9. The number of piperidine rings is 1. The predicted octanol–water partition coefficient (Wildman–Crippen LogP) is 4.58. The molecule has 1 aromatic rings. The van der Waals surface area contributed by atoms with Crippen molar-refractivity contribution in [1.82, 2.24) is 4.90 Å². The van der Waals surface area contributed by atoms with Crippen LogP contribution < -0.4 is 4.90 Å². The number of nitriles is 1. The van der Waals surface area contributed by atoms with Crippen LogP contribution in [0.5, 0.6) is 0 Å². The van der Waals surface area contributed by atoms with Crippen molar-refractivity contribution < 1.29 is 23.1 Å². The number of anilines is 1. The van der Waals surface area contributed by atoms with Gasteiger partial charge in [-0.1, -0.05) is 19.3 Å². The summed E-state index contributed by atoms with van der Waals surface area (Å²) in [6, 6.07) is 5.46. The molecule has 1 aliphatic carbocycles. The van der Waals surface area contributed by atoms with Gasteiger partial charge in [-0.15, -0.1) is 0 Å². The van der Waals surface area contributed by atoms with Gasteiger partial charge in [0.15, 0.2) is 0 Å². The number of aliphatic hydroxyl groups is 1. The summed E-state index contributed by atoms with van der Waals surface area (Å²) in [5.74, 6) is 0.653. The molecule has 3 fully saturated rings.